The van der Waals surface area contributed by atoms with E-state index in [0.717, 1.165) is 82.2 Å². The van der Waals surface area contributed by atoms with Crippen molar-refractivity contribution in [1.82, 2.24) is 30.1 Å². The van der Waals surface area contributed by atoms with Crippen LogP contribution in [-0.2, 0) is 25.5 Å². The smallest absolute Gasteiger partial charge is 0.256 e. The van der Waals surface area contributed by atoms with Crippen LogP contribution in [-0.4, -0.2) is 82.0 Å². The van der Waals surface area contributed by atoms with Crippen LogP contribution in [0.1, 0.15) is 116 Å². The number of unbranched alkanes of at least 4 members (excludes halogenated alkanes) is 4. The van der Waals surface area contributed by atoms with Crippen LogP contribution >= 0.6 is 0 Å². The van der Waals surface area contributed by atoms with Crippen LogP contribution in [0.5, 0.6) is 0 Å². The van der Waals surface area contributed by atoms with Gasteiger partial charge < -0.3 is 19.9 Å². The summed E-state index contributed by atoms with van der Waals surface area (Å²) >= 11 is 0. The molecule has 5 heterocycles. The summed E-state index contributed by atoms with van der Waals surface area (Å²) in [7, 11) is 0. The molecule has 3 fully saturated rings. The second-order valence-electron chi connectivity index (χ2n) is 15.4. The quantitative estimate of drug-likeness (QED) is 0.101. The van der Waals surface area contributed by atoms with Crippen molar-refractivity contribution in [2.24, 2.45) is 0 Å². The third-order valence-corrected chi connectivity index (χ3v) is 11.5. The van der Waals surface area contributed by atoms with Crippen molar-refractivity contribution >= 4 is 35.1 Å². The number of nitrogens with zero attached hydrogens (tertiary/aromatic N) is 5. The monoisotopic (exact) mass is 783 g/mol. The molecule has 0 bridgehead atoms. The first-order valence-electron chi connectivity index (χ1n) is 20.4. The third kappa shape index (κ3) is 10.0. The number of likely N-dealkylation sites (tertiary alicyclic amines) is 1. The maximum absolute atomic E-state index is 14.6. The average Bonchev–Trinajstić information content (AvgIpc) is 3.89. The summed E-state index contributed by atoms with van der Waals surface area (Å²) in [5.41, 5.74) is 3.49. The van der Waals surface area contributed by atoms with Crippen molar-refractivity contribution in [3.05, 3.63) is 94.8 Å². The minimum absolute atomic E-state index is 0.221. The molecule has 3 aliphatic rings. The number of amides is 4. The van der Waals surface area contributed by atoms with E-state index in [2.05, 4.69) is 40.0 Å². The number of rotatable bonds is 16. The van der Waals surface area contributed by atoms with Crippen molar-refractivity contribution < 1.29 is 32.7 Å². The van der Waals surface area contributed by atoms with Crippen LogP contribution in [0.3, 0.4) is 0 Å². The zero-order chi connectivity index (χ0) is 39.7. The molecule has 0 spiro atoms. The number of benzene rings is 2. The highest BCUT2D eigenvalue weighted by molar-refractivity contribution is 6.00. The van der Waals surface area contributed by atoms with Gasteiger partial charge in [0.25, 0.3) is 11.8 Å². The summed E-state index contributed by atoms with van der Waals surface area (Å²) in [6, 6.07) is 13.5. The highest BCUT2D eigenvalue weighted by atomic mass is 19.1. The van der Waals surface area contributed by atoms with Crippen molar-refractivity contribution in [1.29, 1.82) is 0 Å². The Morgan fingerprint density at radius 3 is 2.51 bits per heavy atom. The van der Waals surface area contributed by atoms with Crippen molar-refractivity contribution in [3.63, 3.8) is 0 Å². The fraction of sp³-hybridized carbons (Fsp3) is 0.488. The van der Waals surface area contributed by atoms with Crippen molar-refractivity contribution in [3.8, 4) is 0 Å². The maximum Gasteiger partial charge on any atom is 0.256 e. The standard InChI is InChI=1S/C43H51F2N7O5/c44-32-13-14-35(45)33(27-32)36-7-6-22-51(36)38-19-25-52-41(48-38)34(28-47-52)42(55)46-21-5-3-1-2-4-8-40(54)50-23-17-31(18-24-50)30-11-9-29(10-12-30)20-26-57-37-15-16-39(53)49-43(37)56/h9-14,19,25,27-28,31,36-37H,1-8,15-18,20-24,26H2,(H,46,55)(H,49,53,56). The number of imide groups is 1. The SMILES string of the molecule is O=C1CCC(OCCc2ccc(C3CCN(C(=O)CCCCCCCNC(=O)c4cnn5ccc(N6CCCC6c6cc(F)ccc6F)nc45)CC3)cc2)C(=O)N1. The summed E-state index contributed by atoms with van der Waals surface area (Å²) < 4.78 is 35.9. The summed E-state index contributed by atoms with van der Waals surface area (Å²) in [4.78, 5) is 57.9. The molecule has 2 aromatic heterocycles. The number of nitrogens with one attached hydrogen (secondary N) is 2. The molecule has 3 aliphatic heterocycles. The Morgan fingerprint density at radius 1 is 0.912 bits per heavy atom. The minimum Gasteiger partial charge on any atom is -0.368 e. The second-order valence-corrected chi connectivity index (χ2v) is 15.4. The first-order valence-corrected chi connectivity index (χ1v) is 20.4. The molecule has 302 valence electrons. The van der Waals surface area contributed by atoms with E-state index in [4.69, 9.17) is 9.72 Å². The lowest BCUT2D eigenvalue weighted by molar-refractivity contribution is -0.143. The molecule has 12 nitrogen and oxygen atoms in total. The van der Waals surface area contributed by atoms with Crippen LogP contribution < -0.4 is 15.5 Å². The predicted molar refractivity (Wildman–Crippen MR) is 210 cm³/mol. The fourth-order valence-corrected chi connectivity index (χ4v) is 8.27. The van der Waals surface area contributed by atoms with E-state index in [1.54, 1.807) is 16.8 Å². The number of hydrogen-bond acceptors (Lipinski definition) is 8. The molecule has 57 heavy (non-hydrogen) atoms. The number of aromatic nitrogens is 3. The number of hydrogen-bond donors (Lipinski definition) is 2. The van der Waals surface area contributed by atoms with Crippen molar-refractivity contribution in [2.45, 2.75) is 102 Å². The molecule has 7 rings (SSSR count). The number of fused-ring (bicyclic) bond motifs is 1. The van der Waals surface area contributed by atoms with Crippen LogP contribution in [0.2, 0.25) is 0 Å². The van der Waals surface area contributed by atoms with E-state index in [-0.39, 0.29) is 29.7 Å². The molecule has 0 saturated carbocycles. The Morgan fingerprint density at radius 2 is 1.70 bits per heavy atom. The zero-order valence-electron chi connectivity index (χ0n) is 32.3. The number of halogens is 2. The van der Waals surface area contributed by atoms with Gasteiger partial charge in [0, 0.05) is 50.8 Å². The van der Waals surface area contributed by atoms with Crippen LogP contribution in [0.4, 0.5) is 14.6 Å². The van der Waals surface area contributed by atoms with E-state index >= 15 is 0 Å². The Balaban J connectivity index is 0.765. The van der Waals surface area contributed by atoms with Gasteiger partial charge in [0.05, 0.1) is 18.8 Å². The van der Waals surface area contributed by atoms with Gasteiger partial charge in [0.1, 0.15) is 29.1 Å². The Bertz CT molecular complexity index is 2050. The lowest BCUT2D eigenvalue weighted by Crippen LogP contribution is -2.45. The second kappa shape index (κ2) is 18.8. The zero-order valence-corrected chi connectivity index (χ0v) is 32.3. The number of piperidine rings is 2. The molecule has 2 N–H and O–H groups in total. The molecular weight excluding hydrogens is 733 g/mol. The predicted octanol–water partition coefficient (Wildman–Crippen LogP) is 6.19. The van der Waals surface area contributed by atoms with Gasteiger partial charge in [-0.3, -0.25) is 24.5 Å². The Hall–Kier alpha value is -5.24. The molecule has 2 aromatic carbocycles. The third-order valence-electron chi connectivity index (χ3n) is 11.5. The first kappa shape index (κ1) is 40.0. The van der Waals surface area contributed by atoms with E-state index in [1.807, 2.05) is 9.80 Å². The van der Waals surface area contributed by atoms with Gasteiger partial charge in [0.15, 0.2) is 5.65 Å². The summed E-state index contributed by atoms with van der Waals surface area (Å²) in [5, 5.41) is 9.60. The molecule has 14 heteroatoms. The summed E-state index contributed by atoms with van der Waals surface area (Å²) in [6.45, 7) is 3.10. The van der Waals surface area contributed by atoms with Gasteiger partial charge in [-0.05, 0) is 92.7 Å². The molecule has 0 aliphatic carbocycles. The van der Waals surface area contributed by atoms with E-state index in [1.165, 1.54) is 17.8 Å². The lowest BCUT2D eigenvalue weighted by Gasteiger charge is -2.32. The number of carbonyl (C=O) groups is 4. The van der Waals surface area contributed by atoms with E-state index in [9.17, 15) is 28.0 Å². The van der Waals surface area contributed by atoms with Gasteiger partial charge in [-0.15, -0.1) is 0 Å². The topological polar surface area (TPSA) is 138 Å². The van der Waals surface area contributed by atoms with Gasteiger partial charge in [0.2, 0.25) is 11.8 Å². The maximum atomic E-state index is 14.6. The number of carbonyl (C=O) groups excluding carboxylic acids is 4. The highest BCUT2D eigenvalue weighted by Gasteiger charge is 2.31. The summed E-state index contributed by atoms with van der Waals surface area (Å²) in [5.74, 6) is -0.552. The minimum atomic E-state index is -0.560. The van der Waals surface area contributed by atoms with Gasteiger partial charge >= 0.3 is 0 Å². The average molecular weight is 784 g/mol. The molecule has 4 amide bonds. The van der Waals surface area contributed by atoms with E-state index < -0.39 is 17.7 Å². The summed E-state index contributed by atoms with van der Waals surface area (Å²) in [6.07, 6.45) is 12.6. The lowest BCUT2D eigenvalue weighted by atomic mass is 9.88. The molecule has 0 radical (unpaired) electrons. The van der Waals surface area contributed by atoms with Gasteiger partial charge in [-0.2, -0.15) is 5.10 Å². The van der Waals surface area contributed by atoms with Gasteiger partial charge in [-0.1, -0.05) is 43.5 Å². The molecule has 2 atom stereocenters. The first-order chi connectivity index (χ1) is 27.7. The van der Waals surface area contributed by atoms with Crippen LogP contribution in [0.15, 0.2) is 60.9 Å². The van der Waals surface area contributed by atoms with Crippen LogP contribution in [0, 0.1) is 11.6 Å². The van der Waals surface area contributed by atoms with Crippen LogP contribution in [0.25, 0.3) is 5.65 Å². The van der Waals surface area contributed by atoms with Crippen molar-refractivity contribution in [2.75, 3.05) is 37.7 Å². The number of anilines is 1. The largest absolute Gasteiger partial charge is 0.368 e. The Kier molecular flexibility index (Phi) is 13.2. The molecule has 3 saturated heterocycles. The molecule has 2 unspecified atom stereocenters. The molecular formula is C43H51F2N7O5. The van der Waals surface area contributed by atoms with E-state index in [0.29, 0.717) is 80.3 Å². The highest BCUT2D eigenvalue weighted by Crippen LogP contribution is 2.37. The molecule has 4 aromatic rings. The normalized spacial score (nSPS) is 19.0. The Labute approximate surface area is 331 Å². The number of ether oxygens (including phenoxy) is 1. The van der Waals surface area contributed by atoms with Gasteiger partial charge in [-0.25, -0.2) is 18.3 Å². The fourth-order valence-electron chi connectivity index (χ4n) is 8.27.